The van der Waals surface area contributed by atoms with Crippen LogP contribution in [0.4, 0.5) is 5.69 Å². The average Bonchev–Trinajstić information content (AvgIpc) is 3.23. The number of rotatable bonds is 7. The second-order valence-corrected chi connectivity index (χ2v) is 9.55. The van der Waals surface area contributed by atoms with Crippen LogP contribution < -0.4 is 10.1 Å². The number of benzene rings is 1. The molecule has 2 aliphatic rings. The molecule has 2 heterocycles. The lowest BCUT2D eigenvalue weighted by molar-refractivity contribution is -0.119. The third-order valence-corrected chi connectivity index (χ3v) is 7.07. The monoisotopic (exact) mass is 427 g/mol. The van der Waals surface area contributed by atoms with E-state index in [1.807, 2.05) is 0 Å². The van der Waals surface area contributed by atoms with Gasteiger partial charge in [0.2, 0.25) is 15.9 Å². The van der Waals surface area contributed by atoms with Crippen LogP contribution in [-0.4, -0.2) is 83.9 Å². The number of likely N-dealkylation sites (tertiary alicyclic amines) is 1. The molecule has 1 aromatic rings. The molecule has 2 aliphatic heterocycles. The van der Waals surface area contributed by atoms with E-state index in [0.29, 0.717) is 24.8 Å². The molecule has 0 saturated carbocycles. The van der Waals surface area contributed by atoms with Crippen LogP contribution >= 0.6 is 0 Å². The van der Waals surface area contributed by atoms with Crippen LogP contribution in [0.1, 0.15) is 12.8 Å². The lowest BCUT2D eigenvalue weighted by Crippen LogP contribution is -2.41. The Balaban J connectivity index is 1.58. The number of nitrogens with zero attached hydrogens (tertiary/aromatic N) is 2. The minimum atomic E-state index is -3.70. The Kier molecular flexibility index (Phi) is 7.12. The Labute approximate surface area is 171 Å². The molecule has 0 spiro atoms. The second kappa shape index (κ2) is 9.40. The zero-order chi connectivity index (χ0) is 21.0. The summed E-state index contributed by atoms with van der Waals surface area (Å²) in [6.45, 7) is 3.15. The first kappa shape index (κ1) is 22.0. The number of nitrogens with one attached hydrogen (secondary N) is 1. The van der Waals surface area contributed by atoms with Crippen molar-refractivity contribution in [2.45, 2.75) is 24.0 Å². The molecule has 10 heteroatoms. The molecule has 0 aliphatic carbocycles. The van der Waals surface area contributed by atoms with E-state index >= 15 is 0 Å². The average molecular weight is 428 g/mol. The number of methoxy groups -OCH3 is 1. The summed E-state index contributed by atoms with van der Waals surface area (Å²) in [5, 5.41) is 2.79. The highest BCUT2D eigenvalue weighted by Gasteiger charge is 2.31. The highest BCUT2D eigenvalue weighted by molar-refractivity contribution is 7.89. The van der Waals surface area contributed by atoms with Gasteiger partial charge in [0.1, 0.15) is 10.6 Å². The van der Waals surface area contributed by atoms with Crippen molar-refractivity contribution in [2.75, 3.05) is 59.4 Å². The van der Waals surface area contributed by atoms with E-state index in [1.54, 1.807) is 12.1 Å². The van der Waals surface area contributed by atoms with Gasteiger partial charge >= 0.3 is 0 Å². The number of carbonyl (C=O) groups excluding carboxylic acids is 1. The van der Waals surface area contributed by atoms with Crippen LogP contribution in [0.25, 0.3) is 0 Å². The Morgan fingerprint density at radius 2 is 1.90 bits per heavy atom. The number of piperidine rings is 1. The van der Waals surface area contributed by atoms with Gasteiger partial charge in [0, 0.05) is 25.7 Å². The maximum absolute atomic E-state index is 12.5. The van der Waals surface area contributed by atoms with Crippen molar-refractivity contribution in [2.24, 2.45) is 5.92 Å². The van der Waals surface area contributed by atoms with E-state index in [2.05, 4.69) is 10.2 Å². The van der Waals surface area contributed by atoms with E-state index < -0.39 is 10.0 Å². The first-order chi connectivity index (χ1) is 13.8. The van der Waals surface area contributed by atoms with Crippen molar-refractivity contribution in [3.05, 3.63) is 18.2 Å². The van der Waals surface area contributed by atoms with E-state index in [1.165, 1.54) is 27.3 Å². The molecule has 2 fully saturated rings. The number of carbonyl (C=O) groups is 1. The van der Waals surface area contributed by atoms with Gasteiger partial charge in [-0.1, -0.05) is 0 Å². The van der Waals surface area contributed by atoms with Gasteiger partial charge in [-0.15, -0.1) is 0 Å². The molecule has 3 rings (SSSR count). The first-order valence-electron chi connectivity index (χ1n) is 9.67. The summed E-state index contributed by atoms with van der Waals surface area (Å²) < 4.78 is 42.5. The zero-order valence-electron chi connectivity index (χ0n) is 17.1. The maximum Gasteiger partial charge on any atom is 0.246 e. The Bertz CT molecular complexity index is 815. The van der Waals surface area contributed by atoms with Gasteiger partial charge in [-0.3, -0.25) is 9.69 Å². The third-order valence-electron chi connectivity index (χ3n) is 5.24. The molecule has 9 nitrogen and oxygen atoms in total. The van der Waals surface area contributed by atoms with Crippen LogP contribution in [0.5, 0.6) is 5.75 Å². The van der Waals surface area contributed by atoms with E-state index in [0.717, 1.165) is 30.2 Å². The Hall–Kier alpha value is -1.72. The fourth-order valence-corrected chi connectivity index (χ4v) is 4.66. The molecule has 1 amide bonds. The van der Waals surface area contributed by atoms with E-state index in [-0.39, 0.29) is 29.4 Å². The molecule has 29 heavy (non-hydrogen) atoms. The minimum Gasteiger partial charge on any atom is -0.495 e. The number of hydrogen-bond donors (Lipinski definition) is 1. The van der Waals surface area contributed by atoms with E-state index in [4.69, 9.17) is 14.2 Å². The quantitative estimate of drug-likeness (QED) is 0.692. The number of hydrogen-bond acceptors (Lipinski definition) is 7. The topological polar surface area (TPSA) is 97.4 Å². The summed E-state index contributed by atoms with van der Waals surface area (Å²) in [4.78, 5) is 14.6. The van der Waals surface area contributed by atoms with Gasteiger partial charge in [0.15, 0.2) is 6.29 Å². The van der Waals surface area contributed by atoms with Crippen molar-refractivity contribution >= 4 is 21.6 Å². The number of sulfonamides is 1. The van der Waals surface area contributed by atoms with Crippen LogP contribution in [0, 0.1) is 5.92 Å². The van der Waals surface area contributed by atoms with Crippen molar-refractivity contribution in [3.8, 4) is 5.75 Å². The summed E-state index contributed by atoms with van der Waals surface area (Å²) in [6, 6.07) is 4.60. The lowest BCUT2D eigenvalue weighted by Gasteiger charge is -2.33. The normalized spacial score (nSPS) is 19.6. The second-order valence-electron chi connectivity index (χ2n) is 7.42. The van der Waals surface area contributed by atoms with Gasteiger partial charge < -0.3 is 19.5 Å². The highest BCUT2D eigenvalue weighted by Crippen LogP contribution is 2.29. The van der Waals surface area contributed by atoms with Crippen LogP contribution in [0.3, 0.4) is 0 Å². The first-order valence-corrected chi connectivity index (χ1v) is 11.1. The molecule has 0 bridgehead atoms. The predicted molar refractivity (Wildman–Crippen MR) is 107 cm³/mol. The SMILES string of the molecule is COc1ccc(NC(=O)CN2CCC(C3OCCO3)CC2)cc1S(=O)(=O)N(C)C. The lowest BCUT2D eigenvalue weighted by atomic mass is 9.96. The summed E-state index contributed by atoms with van der Waals surface area (Å²) in [7, 11) is 0.613. The number of anilines is 1. The maximum atomic E-state index is 12.5. The van der Waals surface area contributed by atoms with Gasteiger partial charge in [0.05, 0.1) is 26.9 Å². The molecule has 2 saturated heterocycles. The van der Waals surface area contributed by atoms with Crippen LogP contribution in [0.2, 0.25) is 0 Å². The molecular formula is C19H29N3O6S. The number of amides is 1. The number of ether oxygens (including phenoxy) is 3. The molecular weight excluding hydrogens is 398 g/mol. The van der Waals surface area contributed by atoms with Gasteiger partial charge in [-0.2, -0.15) is 0 Å². The summed E-state index contributed by atoms with van der Waals surface area (Å²) in [5.41, 5.74) is 0.416. The fourth-order valence-electron chi connectivity index (χ4n) is 3.59. The molecule has 1 aromatic carbocycles. The zero-order valence-corrected chi connectivity index (χ0v) is 17.9. The smallest absolute Gasteiger partial charge is 0.246 e. The van der Waals surface area contributed by atoms with E-state index in [9.17, 15) is 13.2 Å². The largest absolute Gasteiger partial charge is 0.495 e. The molecule has 0 unspecified atom stereocenters. The Morgan fingerprint density at radius 1 is 1.24 bits per heavy atom. The fraction of sp³-hybridized carbons (Fsp3) is 0.632. The van der Waals surface area contributed by atoms with Crippen LogP contribution in [-0.2, 0) is 24.3 Å². The molecule has 162 valence electrons. The molecule has 1 N–H and O–H groups in total. The summed E-state index contributed by atoms with van der Waals surface area (Å²) >= 11 is 0. The molecule has 0 atom stereocenters. The summed E-state index contributed by atoms with van der Waals surface area (Å²) in [6.07, 6.45) is 1.74. The van der Waals surface area contributed by atoms with Crippen LogP contribution in [0.15, 0.2) is 23.1 Å². The standard InChI is InChI=1S/C19H29N3O6S/c1-21(2)29(24,25)17-12-15(4-5-16(17)26-3)20-18(23)13-22-8-6-14(7-9-22)19-27-10-11-28-19/h4-5,12,14,19H,6-11,13H2,1-3H3,(H,20,23). The van der Waals surface area contributed by atoms with Crippen molar-refractivity contribution in [1.29, 1.82) is 0 Å². The predicted octanol–water partition coefficient (Wildman–Crippen LogP) is 0.969. The van der Waals surface area contributed by atoms with Gasteiger partial charge in [0.25, 0.3) is 0 Å². The minimum absolute atomic E-state index is 0.0141. The van der Waals surface area contributed by atoms with Crippen molar-refractivity contribution < 1.29 is 27.4 Å². The van der Waals surface area contributed by atoms with Gasteiger partial charge in [-0.05, 0) is 44.1 Å². The summed E-state index contributed by atoms with van der Waals surface area (Å²) in [5.74, 6) is 0.419. The van der Waals surface area contributed by atoms with Crippen molar-refractivity contribution in [3.63, 3.8) is 0 Å². The third kappa shape index (κ3) is 5.26. The molecule has 0 aromatic heterocycles. The molecule has 0 radical (unpaired) electrons. The highest BCUT2D eigenvalue weighted by atomic mass is 32.2. The Morgan fingerprint density at radius 3 is 2.48 bits per heavy atom. The van der Waals surface area contributed by atoms with Crippen molar-refractivity contribution in [1.82, 2.24) is 9.21 Å². The van der Waals surface area contributed by atoms with Gasteiger partial charge in [-0.25, -0.2) is 12.7 Å².